The number of nitrogens with one attached hydrogen (secondary N) is 1. The molecule has 1 atom stereocenters. The average Bonchev–Trinajstić information content (AvgIpc) is 3.36. The smallest absolute Gasteiger partial charge is 0.157 e. The summed E-state index contributed by atoms with van der Waals surface area (Å²) in [4.78, 5) is 9.35. The van der Waals surface area contributed by atoms with Crippen LogP contribution in [0.25, 0.3) is 16.7 Å². The maximum Gasteiger partial charge on any atom is 0.157 e. The van der Waals surface area contributed by atoms with Crippen LogP contribution in [0.2, 0.25) is 0 Å². The number of imidazole rings is 2. The van der Waals surface area contributed by atoms with Gasteiger partial charge in [-0.1, -0.05) is 42.5 Å². The first-order chi connectivity index (χ1) is 14.7. The number of nitrogens with zero attached hydrogens (tertiary/aromatic N) is 5. The van der Waals surface area contributed by atoms with Crippen molar-refractivity contribution in [2.75, 3.05) is 5.32 Å². The number of aromatic nitrogens is 4. The van der Waals surface area contributed by atoms with Crippen molar-refractivity contribution in [1.29, 1.82) is 5.26 Å². The largest absolute Gasteiger partial charge is 0.357 e. The van der Waals surface area contributed by atoms with Crippen LogP contribution in [0.1, 0.15) is 28.6 Å². The Morgan fingerprint density at radius 1 is 1.07 bits per heavy atom. The van der Waals surface area contributed by atoms with E-state index in [4.69, 9.17) is 4.98 Å². The Bertz CT molecular complexity index is 1400. The molecule has 2 aromatic carbocycles. The molecule has 6 nitrogen and oxygen atoms in total. The third kappa shape index (κ3) is 2.80. The fourth-order valence-corrected chi connectivity index (χ4v) is 3.95. The highest BCUT2D eigenvalue weighted by Crippen LogP contribution is 2.31. The zero-order valence-corrected chi connectivity index (χ0v) is 16.7. The summed E-state index contributed by atoms with van der Waals surface area (Å²) in [7, 11) is 1.99. The molecule has 0 saturated heterocycles. The molecule has 0 spiro atoms. The summed E-state index contributed by atoms with van der Waals surface area (Å²) < 4.78 is 4.05. The van der Waals surface area contributed by atoms with E-state index < -0.39 is 0 Å². The normalized spacial score (nSPS) is 12.2. The summed E-state index contributed by atoms with van der Waals surface area (Å²) in [6.45, 7) is 1.95. The molecule has 5 rings (SSSR count). The number of nitriles is 1. The molecular formula is C24H20N6. The van der Waals surface area contributed by atoms with Gasteiger partial charge < -0.3 is 9.88 Å². The zero-order valence-electron chi connectivity index (χ0n) is 16.7. The summed E-state index contributed by atoms with van der Waals surface area (Å²) in [5.41, 5.74) is 5.05. The number of hydrogen-bond acceptors (Lipinski definition) is 4. The van der Waals surface area contributed by atoms with Gasteiger partial charge in [-0.25, -0.2) is 9.97 Å². The molecule has 1 N–H and O–H groups in total. The number of anilines is 1. The minimum Gasteiger partial charge on any atom is -0.357 e. The van der Waals surface area contributed by atoms with E-state index in [0.29, 0.717) is 11.2 Å². The molecule has 0 amide bonds. The summed E-state index contributed by atoms with van der Waals surface area (Å²) in [6.07, 6.45) is 3.75. The molecule has 0 unspecified atom stereocenters. The van der Waals surface area contributed by atoms with Gasteiger partial charge in [0.2, 0.25) is 0 Å². The van der Waals surface area contributed by atoms with Gasteiger partial charge in [-0.2, -0.15) is 5.26 Å². The number of para-hydroxylation sites is 2. The Labute approximate surface area is 174 Å². The van der Waals surface area contributed by atoms with Crippen LogP contribution in [0.15, 0.2) is 73.1 Å². The van der Waals surface area contributed by atoms with Crippen molar-refractivity contribution in [1.82, 2.24) is 18.9 Å². The monoisotopic (exact) mass is 392 g/mol. The van der Waals surface area contributed by atoms with Crippen molar-refractivity contribution >= 4 is 22.5 Å². The summed E-state index contributed by atoms with van der Waals surface area (Å²) in [6, 6.07) is 22.3. The number of fused-ring (bicyclic) bond motifs is 3. The quantitative estimate of drug-likeness (QED) is 0.485. The van der Waals surface area contributed by atoms with Crippen LogP contribution in [0.4, 0.5) is 5.82 Å². The molecule has 5 aromatic rings. The van der Waals surface area contributed by atoms with Crippen LogP contribution in [-0.2, 0) is 7.05 Å². The highest BCUT2D eigenvalue weighted by molar-refractivity contribution is 5.85. The van der Waals surface area contributed by atoms with Gasteiger partial charge in [0, 0.05) is 19.4 Å². The lowest BCUT2D eigenvalue weighted by atomic mass is 10.1. The van der Waals surface area contributed by atoms with Crippen LogP contribution in [0.3, 0.4) is 0 Å². The first-order valence-electron chi connectivity index (χ1n) is 9.77. The summed E-state index contributed by atoms with van der Waals surface area (Å²) >= 11 is 0. The van der Waals surface area contributed by atoms with Crippen LogP contribution >= 0.6 is 0 Å². The second kappa shape index (κ2) is 7.05. The highest BCUT2D eigenvalue weighted by atomic mass is 15.2. The highest BCUT2D eigenvalue weighted by Gasteiger charge is 2.22. The predicted molar refractivity (Wildman–Crippen MR) is 117 cm³/mol. The third-order valence-corrected chi connectivity index (χ3v) is 5.43. The third-order valence-electron chi connectivity index (χ3n) is 5.43. The number of rotatable bonds is 4. The second-order valence-corrected chi connectivity index (χ2v) is 7.34. The van der Waals surface area contributed by atoms with Gasteiger partial charge in [0.25, 0.3) is 0 Å². The lowest BCUT2D eigenvalue weighted by molar-refractivity contribution is 0.744. The van der Waals surface area contributed by atoms with Gasteiger partial charge >= 0.3 is 0 Å². The van der Waals surface area contributed by atoms with Crippen LogP contribution in [0, 0.1) is 18.3 Å². The predicted octanol–water partition coefficient (Wildman–Crippen LogP) is 4.60. The van der Waals surface area contributed by atoms with E-state index in [1.54, 1.807) is 6.20 Å². The second-order valence-electron chi connectivity index (χ2n) is 7.34. The first kappa shape index (κ1) is 18.0. The standard InChI is InChI=1S/C24H20N6/c1-16-14-21(30-20-11-7-6-10-19(20)27-23(30)18(16)15-25)28-22(17-8-4-3-5-9-17)24-26-12-13-29(24)2/h3-14,22,28H,1-2H3/t22-/m1/s1. The molecule has 146 valence electrons. The fraction of sp³-hybridized carbons (Fsp3) is 0.125. The van der Waals surface area contributed by atoms with E-state index in [9.17, 15) is 5.26 Å². The van der Waals surface area contributed by atoms with Crippen molar-refractivity contribution in [3.05, 3.63) is 95.6 Å². The van der Waals surface area contributed by atoms with Gasteiger partial charge in [-0.15, -0.1) is 0 Å². The number of aryl methyl sites for hydroxylation is 2. The van der Waals surface area contributed by atoms with E-state index in [2.05, 4.69) is 28.5 Å². The van der Waals surface area contributed by atoms with Gasteiger partial charge in [-0.05, 0) is 36.2 Å². The minimum atomic E-state index is -0.164. The molecule has 0 fully saturated rings. The molecule has 3 heterocycles. The van der Waals surface area contributed by atoms with Gasteiger partial charge in [0.15, 0.2) is 5.65 Å². The van der Waals surface area contributed by atoms with E-state index >= 15 is 0 Å². The van der Waals surface area contributed by atoms with Crippen molar-refractivity contribution in [3.63, 3.8) is 0 Å². The molecule has 0 aliphatic heterocycles. The summed E-state index contributed by atoms with van der Waals surface area (Å²) in [5, 5.41) is 13.4. The van der Waals surface area contributed by atoms with Crippen LogP contribution < -0.4 is 5.32 Å². The van der Waals surface area contributed by atoms with E-state index in [1.807, 2.05) is 77.7 Å². The molecular weight excluding hydrogens is 372 g/mol. The maximum atomic E-state index is 9.74. The lowest BCUT2D eigenvalue weighted by Gasteiger charge is -2.22. The molecule has 30 heavy (non-hydrogen) atoms. The lowest BCUT2D eigenvalue weighted by Crippen LogP contribution is -2.18. The van der Waals surface area contributed by atoms with Gasteiger partial charge in [0.05, 0.1) is 16.6 Å². The Hall–Kier alpha value is -4.11. The number of pyridine rings is 1. The summed E-state index contributed by atoms with van der Waals surface area (Å²) in [5.74, 6) is 1.77. The fourth-order valence-electron chi connectivity index (χ4n) is 3.95. The molecule has 0 radical (unpaired) electrons. The molecule has 0 aliphatic rings. The van der Waals surface area contributed by atoms with Gasteiger partial charge in [0.1, 0.15) is 23.8 Å². The van der Waals surface area contributed by atoms with E-state index in [0.717, 1.165) is 33.8 Å². The Balaban J connectivity index is 1.76. The number of benzene rings is 2. The molecule has 0 saturated carbocycles. The Morgan fingerprint density at radius 3 is 2.57 bits per heavy atom. The maximum absolute atomic E-state index is 9.74. The van der Waals surface area contributed by atoms with Crippen LogP contribution in [0.5, 0.6) is 0 Å². The van der Waals surface area contributed by atoms with E-state index in [1.165, 1.54) is 0 Å². The van der Waals surface area contributed by atoms with E-state index in [-0.39, 0.29) is 6.04 Å². The minimum absolute atomic E-state index is 0.164. The average molecular weight is 392 g/mol. The topological polar surface area (TPSA) is 70.9 Å². The first-order valence-corrected chi connectivity index (χ1v) is 9.77. The molecule has 6 heteroatoms. The SMILES string of the molecule is Cc1cc(N[C@H](c2ccccc2)c2nccn2C)n2c(nc3ccccc32)c1C#N. The van der Waals surface area contributed by atoms with Gasteiger partial charge in [-0.3, -0.25) is 4.40 Å². The number of hydrogen-bond donors (Lipinski definition) is 1. The zero-order chi connectivity index (χ0) is 20.7. The van der Waals surface area contributed by atoms with Crippen molar-refractivity contribution in [2.45, 2.75) is 13.0 Å². The van der Waals surface area contributed by atoms with Crippen molar-refractivity contribution in [3.8, 4) is 6.07 Å². The Kier molecular flexibility index (Phi) is 4.22. The van der Waals surface area contributed by atoms with Crippen LogP contribution in [-0.4, -0.2) is 18.9 Å². The van der Waals surface area contributed by atoms with Crippen molar-refractivity contribution in [2.24, 2.45) is 7.05 Å². The molecule has 3 aromatic heterocycles. The van der Waals surface area contributed by atoms with Crippen molar-refractivity contribution < 1.29 is 0 Å². The molecule has 0 aliphatic carbocycles. The molecule has 0 bridgehead atoms. The Morgan fingerprint density at radius 2 is 1.83 bits per heavy atom.